The van der Waals surface area contributed by atoms with E-state index in [0.717, 1.165) is 38.2 Å². The van der Waals surface area contributed by atoms with Gasteiger partial charge in [0.25, 0.3) is 5.56 Å². The van der Waals surface area contributed by atoms with Crippen molar-refractivity contribution in [3.05, 3.63) is 52.3 Å². The average Bonchev–Trinajstić information content (AvgIpc) is 3.12. The Kier molecular flexibility index (Phi) is 5.16. The molecule has 0 radical (unpaired) electrons. The number of nitrogens with zero attached hydrogens (tertiary/aromatic N) is 3. The molecule has 0 amide bonds. The van der Waals surface area contributed by atoms with Gasteiger partial charge in [-0.15, -0.1) is 0 Å². The fourth-order valence-electron chi connectivity index (χ4n) is 4.18. The molecule has 2 saturated heterocycles. The molecular weight excluding hydrogens is 340 g/mol. The van der Waals surface area contributed by atoms with E-state index in [1.54, 1.807) is 6.07 Å². The van der Waals surface area contributed by atoms with Gasteiger partial charge < -0.3 is 14.5 Å². The zero-order valence-corrected chi connectivity index (χ0v) is 16.1. The molecule has 1 aromatic heterocycles. The van der Waals surface area contributed by atoms with Gasteiger partial charge in [-0.05, 0) is 38.7 Å². The summed E-state index contributed by atoms with van der Waals surface area (Å²) < 4.78 is 5.72. The van der Waals surface area contributed by atoms with Crippen molar-refractivity contribution in [2.75, 3.05) is 29.5 Å². The minimum absolute atomic E-state index is 0.0910. The molecule has 4 rings (SSSR count). The Balaban J connectivity index is 1.59. The van der Waals surface area contributed by atoms with Crippen molar-refractivity contribution in [1.29, 1.82) is 0 Å². The van der Waals surface area contributed by atoms with E-state index in [4.69, 9.17) is 9.72 Å². The van der Waals surface area contributed by atoms with Gasteiger partial charge in [0.15, 0.2) is 0 Å². The molecule has 27 heavy (non-hydrogen) atoms. The lowest BCUT2D eigenvalue weighted by Crippen LogP contribution is -2.49. The number of nitrogens with one attached hydrogen (secondary N) is 1. The maximum Gasteiger partial charge on any atom is 0.254 e. The fraction of sp³-hybridized carbons (Fsp3) is 0.524. The Labute approximate surface area is 160 Å². The summed E-state index contributed by atoms with van der Waals surface area (Å²) >= 11 is 0. The maximum atomic E-state index is 12.4. The zero-order chi connectivity index (χ0) is 18.8. The molecule has 3 heterocycles. The number of benzene rings is 1. The van der Waals surface area contributed by atoms with Gasteiger partial charge >= 0.3 is 0 Å². The first kappa shape index (κ1) is 18.0. The molecule has 2 aliphatic heterocycles. The summed E-state index contributed by atoms with van der Waals surface area (Å²) in [5.41, 5.74) is 1.23. The predicted octanol–water partition coefficient (Wildman–Crippen LogP) is 2.59. The van der Waals surface area contributed by atoms with Gasteiger partial charge in [0.1, 0.15) is 5.82 Å². The molecule has 2 fully saturated rings. The summed E-state index contributed by atoms with van der Waals surface area (Å²) in [5, 5.41) is 0. The van der Waals surface area contributed by atoms with Crippen LogP contribution in [0.2, 0.25) is 0 Å². The third kappa shape index (κ3) is 3.86. The predicted molar refractivity (Wildman–Crippen MR) is 108 cm³/mol. The molecule has 3 atom stereocenters. The lowest BCUT2D eigenvalue weighted by molar-refractivity contribution is 0.0281. The van der Waals surface area contributed by atoms with Crippen LogP contribution in [0.5, 0.6) is 0 Å². The lowest BCUT2D eigenvalue weighted by atomic mass is 10.0. The highest BCUT2D eigenvalue weighted by Crippen LogP contribution is 2.27. The van der Waals surface area contributed by atoms with Crippen molar-refractivity contribution in [3.63, 3.8) is 0 Å². The highest BCUT2D eigenvalue weighted by molar-refractivity contribution is 5.46. The highest BCUT2D eigenvalue weighted by Gasteiger charge is 2.30. The van der Waals surface area contributed by atoms with Crippen LogP contribution in [-0.4, -0.2) is 47.9 Å². The van der Waals surface area contributed by atoms with Crippen molar-refractivity contribution in [2.45, 2.75) is 51.3 Å². The van der Waals surface area contributed by atoms with E-state index in [0.29, 0.717) is 18.6 Å². The Hall–Kier alpha value is -2.34. The van der Waals surface area contributed by atoms with Crippen LogP contribution in [0, 0.1) is 0 Å². The first-order valence-electron chi connectivity index (χ1n) is 9.92. The van der Waals surface area contributed by atoms with Crippen LogP contribution >= 0.6 is 0 Å². The molecule has 1 N–H and O–H groups in total. The van der Waals surface area contributed by atoms with Crippen LogP contribution < -0.4 is 15.4 Å². The molecule has 6 heteroatoms. The van der Waals surface area contributed by atoms with Crippen molar-refractivity contribution in [2.24, 2.45) is 0 Å². The number of morpholine rings is 1. The minimum atomic E-state index is -0.0910. The third-order valence-electron chi connectivity index (χ3n) is 5.86. The molecule has 1 aromatic carbocycles. The number of hydrogen-bond acceptors (Lipinski definition) is 5. The molecule has 0 unspecified atom stereocenters. The number of aromatic amines is 1. The third-order valence-corrected chi connectivity index (χ3v) is 5.86. The summed E-state index contributed by atoms with van der Waals surface area (Å²) in [6, 6.07) is 12.7. The summed E-state index contributed by atoms with van der Waals surface area (Å²) in [4.78, 5) is 24.7. The second kappa shape index (κ2) is 7.72. The van der Waals surface area contributed by atoms with E-state index in [-0.39, 0.29) is 17.7 Å². The Morgan fingerprint density at radius 3 is 2.81 bits per heavy atom. The van der Waals surface area contributed by atoms with Gasteiger partial charge in [0.2, 0.25) is 5.95 Å². The largest absolute Gasteiger partial charge is 0.375 e. The zero-order valence-electron chi connectivity index (χ0n) is 16.1. The topological polar surface area (TPSA) is 61.5 Å². The van der Waals surface area contributed by atoms with E-state index in [9.17, 15) is 4.79 Å². The lowest BCUT2D eigenvalue weighted by Gasteiger charge is -2.38. The molecule has 144 valence electrons. The van der Waals surface area contributed by atoms with Crippen molar-refractivity contribution in [1.82, 2.24) is 9.97 Å². The van der Waals surface area contributed by atoms with Gasteiger partial charge in [0, 0.05) is 25.2 Å². The van der Waals surface area contributed by atoms with Gasteiger partial charge in [-0.3, -0.25) is 9.78 Å². The van der Waals surface area contributed by atoms with Crippen LogP contribution in [0.25, 0.3) is 0 Å². The molecule has 0 aliphatic carbocycles. The summed E-state index contributed by atoms with van der Waals surface area (Å²) in [6.45, 7) is 6.55. The van der Waals surface area contributed by atoms with E-state index in [2.05, 4.69) is 52.9 Å². The standard InChI is InChI=1S/C21H28N4O2/c1-15-16(2)27-12-11-24(15)19-14-20(26)23-21(22-19)25-10-6-9-18(25)13-17-7-4-3-5-8-17/h3-5,7-8,14-16,18H,6,9-13H2,1-2H3,(H,22,23,26)/t15-,16-,18-/m1/s1. The first-order valence-corrected chi connectivity index (χ1v) is 9.92. The minimum Gasteiger partial charge on any atom is -0.375 e. The summed E-state index contributed by atoms with van der Waals surface area (Å²) in [5.74, 6) is 1.45. The van der Waals surface area contributed by atoms with Crippen LogP contribution in [0.4, 0.5) is 11.8 Å². The molecular formula is C21H28N4O2. The van der Waals surface area contributed by atoms with Gasteiger partial charge in [-0.2, -0.15) is 4.98 Å². The van der Waals surface area contributed by atoms with Crippen molar-refractivity contribution < 1.29 is 4.74 Å². The molecule has 6 nitrogen and oxygen atoms in total. The molecule has 2 aliphatic rings. The van der Waals surface area contributed by atoms with Crippen molar-refractivity contribution >= 4 is 11.8 Å². The number of rotatable bonds is 4. The number of anilines is 2. The first-order chi connectivity index (χ1) is 13.1. The SMILES string of the molecule is C[C@@H]1[C@@H](C)OCCN1c1cc(=O)[nH]c(N2CCC[C@@H]2Cc2ccccc2)n1. The number of H-pyrrole nitrogens is 1. The van der Waals surface area contributed by atoms with Crippen LogP contribution in [0.3, 0.4) is 0 Å². The van der Waals surface area contributed by atoms with Gasteiger partial charge in [-0.1, -0.05) is 30.3 Å². The number of aromatic nitrogens is 2. The summed E-state index contributed by atoms with van der Waals surface area (Å²) in [6.07, 6.45) is 3.34. The van der Waals surface area contributed by atoms with E-state index in [1.165, 1.54) is 5.56 Å². The monoisotopic (exact) mass is 368 g/mol. The summed E-state index contributed by atoms with van der Waals surface area (Å²) in [7, 11) is 0. The Morgan fingerprint density at radius 1 is 1.19 bits per heavy atom. The van der Waals surface area contributed by atoms with Crippen molar-refractivity contribution in [3.8, 4) is 0 Å². The quantitative estimate of drug-likeness (QED) is 0.899. The normalized spacial score (nSPS) is 25.8. The second-order valence-electron chi connectivity index (χ2n) is 7.62. The Morgan fingerprint density at radius 2 is 2.00 bits per heavy atom. The van der Waals surface area contributed by atoms with E-state index >= 15 is 0 Å². The second-order valence-corrected chi connectivity index (χ2v) is 7.62. The molecule has 0 spiro atoms. The Bertz CT molecular complexity index is 822. The smallest absolute Gasteiger partial charge is 0.254 e. The fourth-order valence-corrected chi connectivity index (χ4v) is 4.18. The molecule has 0 bridgehead atoms. The van der Waals surface area contributed by atoms with Gasteiger partial charge in [0.05, 0.1) is 18.8 Å². The highest BCUT2D eigenvalue weighted by atomic mass is 16.5. The van der Waals surface area contributed by atoms with Crippen LogP contribution in [0.15, 0.2) is 41.2 Å². The van der Waals surface area contributed by atoms with Gasteiger partial charge in [-0.25, -0.2) is 0 Å². The van der Waals surface area contributed by atoms with E-state index < -0.39 is 0 Å². The number of ether oxygens (including phenoxy) is 1. The number of hydrogen-bond donors (Lipinski definition) is 1. The molecule has 0 saturated carbocycles. The molecule has 2 aromatic rings. The van der Waals surface area contributed by atoms with Crippen LogP contribution in [-0.2, 0) is 11.2 Å². The average molecular weight is 368 g/mol. The maximum absolute atomic E-state index is 12.4. The van der Waals surface area contributed by atoms with E-state index in [1.807, 2.05) is 6.07 Å². The van der Waals surface area contributed by atoms with Crippen LogP contribution in [0.1, 0.15) is 32.3 Å².